The minimum atomic E-state index is -0.979. The largest absolute Gasteiger partial charge is 0.477 e. The van der Waals surface area contributed by atoms with Crippen LogP contribution in [-0.4, -0.2) is 71.2 Å². The Morgan fingerprint density at radius 2 is 1.54 bits per heavy atom. The Labute approximate surface area is 205 Å². The minimum Gasteiger partial charge on any atom is -0.477 e. The molecule has 1 N–H and O–H groups in total. The summed E-state index contributed by atoms with van der Waals surface area (Å²) in [4.78, 5) is 33.0. The van der Waals surface area contributed by atoms with Crippen LogP contribution >= 0.6 is 0 Å². The van der Waals surface area contributed by atoms with Gasteiger partial charge in [0.15, 0.2) is 0 Å². The van der Waals surface area contributed by atoms with Crippen molar-refractivity contribution in [1.82, 2.24) is 9.88 Å². The van der Waals surface area contributed by atoms with E-state index in [2.05, 4.69) is 19.7 Å². The van der Waals surface area contributed by atoms with Gasteiger partial charge in [-0.05, 0) is 68.2 Å². The van der Waals surface area contributed by atoms with Crippen molar-refractivity contribution in [3.05, 3.63) is 58.4 Å². The van der Waals surface area contributed by atoms with Crippen LogP contribution in [0.5, 0.6) is 0 Å². The fourth-order valence-electron chi connectivity index (χ4n) is 6.18. The van der Waals surface area contributed by atoms with Crippen LogP contribution in [0, 0.1) is 15.5 Å². The third-order valence-corrected chi connectivity index (χ3v) is 8.42. The molecule has 5 rings (SSSR count). The molecular formula is C26H33N5O4. The lowest BCUT2D eigenvalue weighted by molar-refractivity contribution is -0.384. The number of carboxylic acid groups (broad SMARTS) is 1. The highest BCUT2D eigenvalue weighted by molar-refractivity contribution is 5.86. The Morgan fingerprint density at radius 3 is 2.14 bits per heavy atom. The number of rotatable bonds is 5. The van der Waals surface area contributed by atoms with Gasteiger partial charge in [0.2, 0.25) is 0 Å². The van der Waals surface area contributed by atoms with Crippen molar-refractivity contribution in [1.29, 1.82) is 0 Å². The number of non-ortho nitro benzene ring substituents is 1. The van der Waals surface area contributed by atoms with E-state index in [4.69, 9.17) is 0 Å². The van der Waals surface area contributed by atoms with E-state index < -0.39 is 5.97 Å². The van der Waals surface area contributed by atoms with Gasteiger partial charge in [0, 0.05) is 75.0 Å². The van der Waals surface area contributed by atoms with Crippen molar-refractivity contribution in [2.45, 2.75) is 44.6 Å². The summed E-state index contributed by atoms with van der Waals surface area (Å²) in [6.45, 7) is 5.94. The summed E-state index contributed by atoms with van der Waals surface area (Å²) in [5, 5.41) is 20.1. The maximum Gasteiger partial charge on any atom is 0.354 e. The smallest absolute Gasteiger partial charge is 0.354 e. The number of nitrogens with zero attached hydrogens (tertiary/aromatic N) is 5. The van der Waals surface area contributed by atoms with Gasteiger partial charge in [-0.3, -0.25) is 15.0 Å². The Balaban J connectivity index is 1.09. The first-order valence-corrected chi connectivity index (χ1v) is 12.6. The Morgan fingerprint density at radius 1 is 0.914 bits per heavy atom. The van der Waals surface area contributed by atoms with Crippen LogP contribution in [-0.2, 0) is 0 Å². The normalized spacial score (nSPS) is 21.3. The number of nitro benzene ring substituents is 1. The summed E-state index contributed by atoms with van der Waals surface area (Å²) in [6, 6.07) is 11.2. The van der Waals surface area contributed by atoms with E-state index in [1.54, 1.807) is 24.4 Å². The zero-order valence-electron chi connectivity index (χ0n) is 20.0. The topological polar surface area (TPSA) is 103 Å². The number of aromatic carboxylic acids is 1. The van der Waals surface area contributed by atoms with Crippen LogP contribution in [0.15, 0.2) is 42.6 Å². The van der Waals surface area contributed by atoms with Crippen molar-refractivity contribution in [2.24, 2.45) is 5.41 Å². The zero-order valence-corrected chi connectivity index (χ0v) is 20.0. The second-order valence-electron chi connectivity index (χ2n) is 10.2. The molecule has 2 aromatic rings. The SMILES string of the molecule is O=C(O)c1cc(N2CCC3(CCC(N4CCN(c5ccc([N+](=O)[O-])cc5)CC4)CC3)CC2)ccn1. The second-order valence-corrected chi connectivity index (χ2v) is 10.2. The molecule has 0 amide bonds. The average Bonchev–Trinajstić information content (AvgIpc) is 2.90. The lowest BCUT2D eigenvalue weighted by atomic mass is 9.66. The second kappa shape index (κ2) is 9.81. The molecule has 186 valence electrons. The van der Waals surface area contributed by atoms with Crippen molar-refractivity contribution in [3.63, 3.8) is 0 Å². The molecule has 9 nitrogen and oxygen atoms in total. The molecule has 1 aromatic carbocycles. The van der Waals surface area contributed by atoms with Crippen molar-refractivity contribution in [3.8, 4) is 0 Å². The van der Waals surface area contributed by atoms with E-state index >= 15 is 0 Å². The van der Waals surface area contributed by atoms with E-state index in [1.807, 2.05) is 18.2 Å². The molecule has 2 saturated heterocycles. The fraction of sp³-hybridized carbons (Fsp3) is 0.538. The summed E-state index contributed by atoms with van der Waals surface area (Å²) < 4.78 is 0. The molecule has 3 fully saturated rings. The summed E-state index contributed by atoms with van der Waals surface area (Å²) in [6.07, 6.45) is 8.95. The molecule has 1 aromatic heterocycles. The number of benzene rings is 1. The molecule has 0 unspecified atom stereocenters. The molecule has 3 heterocycles. The monoisotopic (exact) mass is 479 g/mol. The van der Waals surface area contributed by atoms with E-state index in [1.165, 1.54) is 38.5 Å². The molecule has 1 spiro atoms. The Bertz CT molecular complexity index is 1050. The standard InChI is InChI=1S/C26H33N5O4/c32-25(33)24-19-23(7-12-27-24)28-13-10-26(11-14-28)8-5-21(6-9-26)30-17-15-29(16-18-30)20-1-3-22(4-2-20)31(34)35/h1-4,7,12,19,21H,5-6,8-11,13-18H2,(H,32,33). The fourth-order valence-corrected chi connectivity index (χ4v) is 6.18. The van der Waals surface area contributed by atoms with Crippen LogP contribution in [0.25, 0.3) is 0 Å². The Hall–Kier alpha value is -3.20. The predicted octanol–water partition coefficient (Wildman–Crippen LogP) is 4.04. The number of carbonyl (C=O) groups is 1. The molecule has 2 aliphatic heterocycles. The molecule has 0 bridgehead atoms. The number of anilines is 2. The van der Waals surface area contributed by atoms with Crippen LogP contribution in [0.3, 0.4) is 0 Å². The molecule has 3 aliphatic rings. The number of pyridine rings is 1. The molecule has 9 heteroatoms. The maximum absolute atomic E-state index is 11.3. The third-order valence-electron chi connectivity index (χ3n) is 8.42. The van der Waals surface area contributed by atoms with Gasteiger partial charge in [-0.1, -0.05) is 0 Å². The first-order valence-electron chi connectivity index (χ1n) is 12.6. The predicted molar refractivity (Wildman–Crippen MR) is 134 cm³/mol. The highest BCUT2D eigenvalue weighted by Gasteiger charge is 2.39. The van der Waals surface area contributed by atoms with Crippen LogP contribution in [0.1, 0.15) is 49.0 Å². The number of piperazine rings is 1. The van der Waals surface area contributed by atoms with Gasteiger partial charge in [-0.15, -0.1) is 0 Å². The number of hydrogen-bond donors (Lipinski definition) is 1. The quantitative estimate of drug-likeness (QED) is 0.506. The summed E-state index contributed by atoms with van der Waals surface area (Å²) in [5.41, 5.74) is 2.70. The molecule has 35 heavy (non-hydrogen) atoms. The highest BCUT2D eigenvalue weighted by atomic mass is 16.6. The average molecular weight is 480 g/mol. The lowest BCUT2D eigenvalue weighted by Gasteiger charge is -2.49. The number of piperidine rings is 1. The summed E-state index contributed by atoms with van der Waals surface area (Å²) in [5.74, 6) is -0.979. The first-order chi connectivity index (χ1) is 16.9. The first kappa shape index (κ1) is 23.5. The maximum atomic E-state index is 11.3. The van der Waals surface area contributed by atoms with Crippen molar-refractivity contribution < 1.29 is 14.8 Å². The van der Waals surface area contributed by atoms with Crippen LogP contribution in [0.2, 0.25) is 0 Å². The summed E-state index contributed by atoms with van der Waals surface area (Å²) in [7, 11) is 0. The summed E-state index contributed by atoms with van der Waals surface area (Å²) >= 11 is 0. The van der Waals surface area contributed by atoms with Gasteiger partial charge in [-0.25, -0.2) is 9.78 Å². The van der Waals surface area contributed by atoms with Gasteiger partial charge >= 0.3 is 5.97 Å². The Kier molecular flexibility index (Phi) is 6.60. The van der Waals surface area contributed by atoms with Crippen LogP contribution in [0.4, 0.5) is 17.1 Å². The zero-order chi connectivity index (χ0) is 24.4. The molecule has 1 saturated carbocycles. The number of nitro groups is 1. The van der Waals surface area contributed by atoms with Crippen molar-refractivity contribution in [2.75, 3.05) is 49.1 Å². The van der Waals surface area contributed by atoms with E-state index in [9.17, 15) is 20.0 Å². The molecule has 0 atom stereocenters. The molecule has 0 radical (unpaired) electrons. The third kappa shape index (κ3) is 5.10. The minimum absolute atomic E-state index is 0.108. The van der Waals surface area contributed by atoms with Gasteiger partial charge in [0.1, 0.15) is 5.69 Å². The lowest BCUT2D eigenvalue weighted by Crippen LogP contribution is -2.52. The number of carboxylic acids is 1. The van der Waals surface area contributed by atoms with Crippen molar-refractivity contribution >= 4 is 23.0 Å². The highest BCUT2D eigenvalue weighted by Crippen LogP contribution is 2.46. The van der Waals surface area contributed by atoms with Crippen LogP contribution < -0.4 is 9.80 Å². The van der Waals surface area contributed by atoms with E-state index in [0.29, 0.717) is 11.5 Å². The van der Waals surface area contributed by atoms with Gasteiger partial charge < -0.3 is 14.9 Å². The molecule has 1 aliphatic carbocycles. The number of aromatic nitrogens is 1. The van der Waals surface area contributed by atoms with Gasteiger partial charge in [-0.2, -0.15) is 0 Å². The van der Waals surface area contributed by atoms with Gasteiger partial charge in [0.05, 0.1) is 4.92 Å². The van der Waals surface area contributed by atoms with E-state index in [-0.39, 0.29) is 16.3 Å². The van der Waals surface area contributed by atoms with E-state index in [0.717, 1.165) is 50.6 Å². The number of hydrogen-bond acceptors (Lipinski definition) is 7. The molecular weight excluding hydrogens is 446 g/mol. The van der Waals surface area contributed by atoms with Gasteiger partial charge in [0.25, 0.3) is 5.69 Å².